The van der Waals surface area contributed by atoms with Crippen molar-refractivity contribution in [3.63, 3.8) is 0 Å². The summed E-state index contributed by atoms with van der Waals surface area (Å²) in [5.74, 6) is 1.34. The molecule has 2 aromatic rings. The molecule has 1 aromatic carbocycles. The van der Waals surface area contributed by atoms with Gasteiger partial charge in [0.2, 0.25) is 5.89 Å². The number of rotatable bonds is 2. The molecule has 1 N–H and O–H groups in total. The molecule has 0 radical (unpaired) electrons. The molecular formula is C13H14N2O. The first-order valence-electron chi connectivity index (χ1n) is 5.64. The van der Waals surface area contributed by atoms with Crippen LogP contribution in [-0.4, -0.2) is 18.1 Å². The monoisotopic (exact) mass is 214 g/mol. The van der Waals surface area contributed by atoms with Crippen LogP contribution in [0.4, 0.5) is 0 Å². The van der Waals surface area contributed by atoms with Crippen LogP contribution in [0.15, 0.2) is 41.1 Å². The summed E-state index contributed by atoms with van der Waals surface area (Å²) in [7, 11) is 0. The molecule has 0 aliphatic carbocycles. The van der Waals surface area contributed by atoms with Gasteiger partial charge in [-0.1, -0.05) is 12.1 Å². The summed E-state index contributed by atoms with van der Waals surface area (Å²) >= 11 is 0. The van der Waals surface area contributed by atoms with Gasteiger partial charge < -0.3 is 9.73 Å². The highest BCUT2D eigenvalue weighted by atomic mass is 16.3. The van der Waals surface area contributed by atoms with Crippen molar-refractivity contribution in [2.45, 2.75) is 12.3 Å². The van der Waals surface area contributed by atoms with Crippen LogP contribution in [-0.2, 0) is 0 Å². The number of nitrogens with one attached hydrogen (secondary N) is 1. The Kier molecular flexibility index (Phi) is 2.46. The molecule has 16 heavy (non-hydrogen) atoms. The number of nitrogens with zero attached hydrogens (tertiary/aromatic N) is 1. The summed E-state index contributed by atoms with van der Waals surface area (Å²) in [5.41, 5.74) is 2.44. The third-order valence-corrected chi connectivity index (χ3v) is 3.10. The van der Waals surface area contributed by atoms with Crippen molar-refractivity contribution in [3.05, 3.63) is 42.3 Å². The van der Waals surface area contributed by atoms with Crippen LogP contribution in [0.25, 0.3) is 11.5 Å². The molecule has 0 saturated carbocycles. The van der Waals surface area contributed by atoms with E-state index in [2.05, 4.69) is 28.5 Å². The Hall–Kier alpha value is -1.61. The van der Waals surface area contributed by atoms with E-state index in [1.807, 2.05) is 6.07 Å². The maximum Gasteiger partial charge on any atom is 0.225 e. The van der Waals surface area contributed by atoms with E-state index in [1.165, 1.54) is 12.0 Å². The molecule has 1 atom stereocenters. The Balaban J connectivity index is 1.93. The molecule has 0 spiro atoms. The average Bonchev–Trinajstić information content (AvgIpc) is 3.03. The molecule has 3 rings (SSSR count). The zero-order valence-electron chi connectivity index (χ0n) is 9.02. The standard InChI is InChI=1S/C13H14N2O/c1-2-10(12-4-5-14-9-12)8-11(3-1)13-15-6-7-16-13/h1-3,6-8,12,14H,4-5,9H2. The quantitative estimate of drug-likeness (QED) is 0.834. The Morgan fingerprint density at radius 2 is 2.38 bits per heavy atom. The number of hydrogen-bond acceptors (Lipinski definition) is 3. The van der Waals surface area contributed by atoms with Crippen molar-refractivity contribution >= 4 is 0 Å². The minimum Gasteiger partial charge on any atom is -0.445 e. The van der Waals surface area contributed by atoms with Gasteiger partial charge in [0.15, 0.2) is 0 Å². The lowest BCUT2D eigenvalue weighted by Crippen LogP contribution is -2.07. The lowest BCUT2D eigenvalue weighted by atomic mass is 9.97. The SMILES string of the molecule is c1cc(-c2ncco2)cc(C2CCNC2)c1. The highest BCUT2D eigenvalue weighted by molar-refractivity contribution is 5.54. The summed E-state index contributed by atoms with van der Waals surface area (Å²) < 4.78 is 5.31. The molecule has 2 heterocycles. The largest absolute Gasteiger partial charge is 0.445 e. The predicted octanol–water partition coefficient (Wildman–Crippen LogP) is 2.42. The molecule has 0 bridgehead atoms. The topological polar surface area (TPSA) is 38.1 Å². The second-order valence-corrected chi connectivity index (χ2v) is 4.15. The normalized spacial score (nSPS) is 20.1. The molecular weight excluding hydrogens is 200 g/mol. The van der Waals surface area contributed by atoms with Crippen LogP contribution in [0.5, 0.6) is 0 Å². The number of aromatic nitrogens is 1. The number of hydrogen-bond donors (Lipinski definition) is 1. The Labute approximate surface area is 94.5 Å². The Bertz CT molecular complexity index is 459. The fourth-order valence-corrected chi connectivity index (χ4v) is 2.23. The fraction of sp³-hybridized carbons (Fsp3) is 0.308. The first-order valence-corrected chi connectivity index (χ1v) is 5.64. The zero-order valence-corrected chi connectivity index (χ0v) is 9.02. The second-order valence-electron chi connectivity index (χ2n) is 4.15. The van der Waals surface area contributed by atoms with Gasteiger partial charge in [-0.3, -0.25) is 0 Å². The zero-order chi connectivity index (χ0) is 10.8. The summed E-state index contributed by atoms with van der Waals surface area (Å²) in [6, 6.07) is 8.48. The van der Waals surface area contributed by atoms with E-state index >= 15 is 0 Å². The van der Waals surface area contributed by atoms with E-state index in [4.69, 9.17) is 4.42 Å². The molecule has 1 aromatic heterocycles. The minimum atomic E-state index is 0.634. The lowest BCUT2D eigenvalue weighted by molar-refractivity contribution is 0.574. The first-order chi connectivity index (χ1) is 7.93. The average molecular weight is 214 g/mol. The van der Waals surface area contributed by atoms with E-state index in [1.54, 1.807) is 12.5 Å². The van der Waals surface area contributed by atoms with Crippen molar-refractivity contribution in [3.8, 4) is 11.5 Å². The number of benzene rings is 1. The number of oxazole rings is 1. The fourth-order valence-electron chi connectivity index (χ4n) is 2.23. The van der Waals surface area contributed by atoms with Crippen LogP contribution in [0.2, 0.25) is 0 Å². The highest BCUT2D eigenvalue weighted by Crippen LogP contribution is 2.26. The minimum absolute atomic E-state index is 0.634. The molecule has 1 unspecified atom stereocenters. The van der Waals surface area contributed by atoms with Gasteiger partial charge >= 0.3 is 0 Å². The Morgan fingerprint density at radius 1 is 1.38 bits per heavy atom. The maximum absolute atomic E-state index is 5.31. The predicted molar refractivity (Wildman–Crippen MR) is 62.2 cm³/mol. The van der Waals surface area contributed by atoms with Gasteiger partial charge in [0.05, 0.1) is 6.20 Å². The molecule has 3 nitrogen and oxygen atoms in total. The van der Waals surface area contributed by atoms with Crippen LogP contribution in [0.3, 0.4) is 0 Å². The van der Waals surface area contributed by atoms with Gasteiger partial charge in [0, 0.05) is 12.1 Å². The van der Waals surface area contributed by atoms with Crippen molar-refractivity contribution in [2.75, 3.05) is 13.1 Å². The van der Waals surface area contributed by atoms with E-state index < -0.39 is 0 Å². The maximum atomic E-state index is 5.31. The lowest BCUT2D eigenvalue weighted by Gasteiger charge is -2.09. The van der Waals surface area contributed by atoms with Crippen LogP contribution >= 0.6 is 0 Å². The van der Waals surface area contributed by atoms with Gasteiger partial charge in [-0.2, -0.15) is 0 Å². The van der Waals surface area contributed by atoms with Crippen LogP contribution in [0, 0.1) is 0 Å². The van der Waals surface area contributed by atoms with E-state index in [0.717, 1.165) is 18.7 Å². The van der Waals surface area contributed by atoms with Gasteiger partial charge in [-0.15, -0.1) is 0 Å². The van der Waals surface area contributed by atoms with E-state index in [-0.39, 0.29) is 0 Å². The molecule has 1 fully saturated rings. The van der Waals surface area contributed by atoms with Crippen LogP contribution in [0.1, 0.15) is 17.9 Å². The Morgan fingerprint density at radius 3 is 3.12 bits per heavy atom. The third-order valence-electron chi connectivity index (χ3n) is 3.10. The van der Waals surface area contributed by atoms with Crippen molar-refractivity contribution in [1.29, 1.82) is 0 Å². The van der Waals surface area contributed by atoms with Crippen LogP contribution < -0.4 is 5.32 Å². The van der Waals surface area contributed by atoms with E-state index in [9.17, 15) is 0 Å². The van der Waals surface area contributed by atoms with Gasteiger partial charge in [-0.25, -0.2) is 4.98 Å². The van der Waals surface area contributed by atoms with Gasteiger partial charge in [0.25, 0.3) is 0 Å². The summed E-state index contributed by atoms with van der Waals surface area (Å²) in [6.07, 6.45) is 4.51. The molecule has 1 aliphatic rings. The van der Waals surface area contributed by atoms with Crippen molar-refractivity contribution in [1.82, 2.24) is 10.3 Å². The molecule has 3 heteroatoms. The van der Waals surface area contributed by atoms with Gasteiger partial charge in [-0.05, 0) is 36.6 Å². The molecule has 82 valence electrons. The smallest absolute Gasteiger partial charge is 0.225 e. The molecule has 0 amide bonds. The second kappa shape index (κ2) is 4.10. The van der Waals surface area contributed by atoms with Gasteiger partial charge in [0.1, 0.15) is 6.26 Å². The highest BCUT2D eigenvalue weighted by Gasteiger charge is 2.17. The molecule has 1 saturated heterocycles. The summed E-state index contributed by atoms with van der Waals surface area (Å²) in [6.45, 7) is 2.20. The van der Waals surface area contributed by atoms with Crippen molar-refractivity contribution in [2.24, 2.45) is 0 Å². The molecule has 1 aliphatic heterocycles. The first kappa shape index (κ1) is 9.60. The third kappa shape index (κ3) is 1.74. The van der Waals surface area contributed by atoms with E-state index in [0.29, 0.717) is 11.8 Å². The summed E-state index contributed by atoms with van der Waals surface area (Å²) in [4.78, 5) is 4.17. The van der Waals surface area contributed by atoms with Crippen molar-refractivity contribution < 1.29 is 4.42 Å². The summed E-state index contributed by atoms with van der Waals surface area (Å²) in [5, 5.41) is 3.39.